The van der Waals surface area contributed by atoms with Gasteiger partial charge in [-0.3, -0.25) is 0 Å². The molecule has 1 aliphatic rings. The molecule has 0 saturated carbocycles. The number of benzene rings is 1. The molecular formula is C13H15F3O3. The molecule has 1 unspecified atom stereocenters. The van der Waals surface area contributed by atoms with Gasteiger partial charge in [-0.1, -0.05) is 6.07 Å². The zero-order valence-electron chi connectivity index (χ0n) is 10.2. The molecule has 0 fully saturated rings. The normalized spacial score (nSPS) is 20.8. The van der Waals surface area contributed by atoms with Crippen LogP contribution in [0, 0.1) is 0 Å². The number of alkyl halides is 3. The van der Waals surface area contributed by atoms with E-state index < -0.39 is 25.0 Å². The Morgan fingerprint density at radius 3 is 2.79 bits per heavy atom. The highest BCUT2D eigenvalue weighted by atomic mass is 19.4. The highest BCUT2D eigenvalue weighted by Gasteiger charge is 2.38. The van der Waals surface area contributed by atoms with Gasteiger partial charge in [-0.15, -0.1) is 0 Å². The van der Waals surface area contributed by atoms with Gasteiger partial charge in [-0.2, -0.15) is 13.2 Å². The van der Waals surface area contributed by atoms with E-state index in [1.165, 1.54) is 0 Å². The fourth-order valence-electron chi connectivity index (χ4n) is 2.11. The molecule has 2 N–H and O–H groups in total. The maximum absolute atomic E-state index is 12.1. The Bertz CT molecular complexity index is 445. The number of hydrogen-bond donors (Lipinski definition) is 2. The topological polar surface area (TPSA) is 49.7 Å². The summed E-state index contributed by atoms with van der Waals surface area (Å²) in [4.78, 5) is 0. The van der Waals surface area contributed by atoms with E-state index >= 15 is 0 Å². The standard InChI is InChI=1S/C13H15F3O3/c14-13(15,16)12(18)7-19-9-5-4-8-2-1-3-11(17)10(8)6-9/h4-6,11-12,17-18H,1-3,7H2/t11-,12?/m0/s1. The fraction of sp³-hybridized carbons (Fsp3) is 0.538. The molecule has 0 radical (unpaired) electrons. The molecule has 3 nitrogen and oxygen atoms in total. The molecule has 0 amide bonds. The van der Waals surface area contributed by atoms with Gasteiger partial charge in [0.15, 0.2) is 6.10 Å². The summed E-state index contributed by atoms with van der Waals surface area (Å²) in [7, 11) is 0. The minimum Gasteiger partial charge on any atom is -0.491 e. The first-order valence-electron chi connectivity index (χ1n) is 6.06. The van der Waals surface area contributed by atoms with Gasteiger partial charge >= 0.3 is 6.18 Å². The lowest BCUT2D eigenvalue weighted by Crippen LogP contribution is -2.34. The van der Waals surface area contributed by atoms with Gasteiger partial charge in [0.1, 0.15) is 12.4 Å². The Kier molecular flexibility index (Phi) is 4.01. The lowest BCUT2D eigenvalue weighted by Gasteiger charge is -2.22. The van der Waals surface area contributed by atoms with Crippen LogP contribution in [-0.4, -0.2) is 29.1 Å². The minimum atomic E-state index is -4.69. The molecule has 0 aromatic heterocycles. The molecule has 106 valence electrons. The Morgan fingerprint density at radius 2 is 2.11 bits per heavy atom. The van der Waals surface area contributed by atoms with Crippen molar-refractivity contribution in [2.24, 2.45) is 0 Å². The van der Waals surface area contributed by atoms with Gasteiger partial charge in [0.25, 0.3) is 0 Å². The molecular weight excluding hydrogens is 261 g/mol. The van der Waals surface area contributed by atoms with Crippen molar-refractivity contribution in [3.63, 3.8) is 0 Å². The fourth-order valence-corrected chi connectivity index (χ4v) is 2.11. The predicted octanol–water partition coefficient (Wildman–Crippen LogP) is 2.36. The quantitative estimate of drug-likeness (QED) is 0.891. The van der Waals surface area contributed by atoms with E-state index in [0.29, 0.717) is 12.0 Å². The van der Waals surface area contributed by atoms with Crippen LogP contribution in [0.15, 0.2) is 18.2 Å². The molecule has 0 heterocycles. The van der Waals surface area contributed by atoms with Gasteiger partial charge in [-0.05, 0) is 42.5 Å². The second kappa shape index (κ2) is 5.38. The van der Waals surface area contributed by atoms with Crippen molar-refractivity contribution in [3.8, 4) is 5.75 Å². The monoisotopic (exact) mass is 276 g/mol. The van der Waals surface area contributed by atoms with Crippen molar-refractivity contribution in [1.29, 1.82) is 0 Å². The average molecular weight is 276 g/mol. The number of ether oxygens (including phenoxy) is 1. The van der Waals surface area contributed by atoms with Crippen molar-refractivity contribution >= 4 is 0 Å². The number of fused-ring (bicyclic) bond motifs is 1. The molecule has 0 bridgehead atoms. The van der Waals surface area contributed by atoms with Gasteiger partial charge < -0.3 is 14.9 Å². The third-order valence-corrected chi connectivity index (χ3v) is 3.19. The molecule has 0 spiro atoms. The molecule has 19 heavy (non-hydrogen) atoms. The van der Waals surface area contributed by atoms with Crippen molar-refractivity contribution in [1.82, 2.24) is 0 Å². The second-order valence-corrected chi connectivity index (χ2v) is 4.64. The molecule has 2 atom stereocenters. The summed E-state index contributed by atoms with van der Waals surface area (Å²) in [6, 6.07) is 4.84. The Labute approximate surface area is 108 Å². The van der Waals surface area contributed by atoms with Crippen LogP contribution < -0.4 is 4.74 Å². The van der Waals surface area contributed by atoms with E-state index in [2.05, 4.69) is 0 Å². The maximum atomic E-state index is 12.1. The first-order valence-corrected chi connectivity index (χ1v) is 6.06. The average Bonchev–Trinajstić information content (AvgIpc) is 2.35. The lowest BCUT2D eigenvalue weighted by molar-refractivity contribution is -0.210. The molecule has 1 aromatic rings. The summed E-state index contributed by atoms with van der Waals surface area (Å²) in [5.41, 5.74) is 1.69. The van der Waals surface area contributed by atoms with Gasteiger partial charge in [0, 0.05) is 0 Å². The highest BCUT2D eigenvalue weighted by Crippen LogP contribution is 2.32. The summed E-state index contributed by atoms with van der Waals surface area (Å²) >= 11 is 0. The van der Waals surface area contributed by atoms with E-state index in [9.17, 15) is 18.3 Å². The van der Waals surface area contributed by atoms with Crippen molar-refractivity contribution in [2.75, 3.05) is 6.61 Å². The van der Waals surface area contributed by atoms with Gasteiger partial charge in [0.05, 0.1) is 6.10 Å². The molecule has 1 aliphatic carbocycles. The van der Waals surface area contributed by atoms with Gasteiger partial charge in [0.2, 0.25) is 0 Å². The number of rotatable bonds is 3. The minimum absolute atomic E-state index is 0.225. The SMILES string of the molecule is OC(COc1ccc2c(c1)[C@@H](O)CCC2)C(F)(F)F. The Hall–Kier alpha value is -1.27. The summed E-state index contributed by atoms with van der Waals surface area (Å²) in [5, 5.41) is 18.6. The second-order valence-electron chi connectivity index (χ2n) is 4.64. The summed E-state index contributed by atoms with van der Waals surface area (Å²) in [6.45, 7) is -0.849. The molecule has 0 saturated heterocycles. The van der Waals surface area contributed by atoms with Crippen LogP contribution in [0.5, 0.6) is 5.75 Å². The zero-order chi connectivity index (χ0) is 14.0. The summed E-state index contributed by atoms with van der Waals surface area (Å²) in [5.74, 6) is 0.225. The summed E-state index contributed by atoms with van der Waals surface area (Å²) < 4.78 is 41.3. The van der Waals surface area contributed by atoms with E-state index in [0.717, 1.165) is 18.4 Å². The molecule has 6 heteroatoms. The van der Waals surface area contributed by atoms with E-state index in [1.54, 1.807) is 18.2 Å². The number of hydrogen-bond acceptors (Lipinski definition) is 3. The number of aryl methyl sites for hydroxylation is 1. The van der Waals surface area contributed by atoms with Crippen molar-refractivity contribution < 1.29 is 28.1 Å². The smallest absolute Gasteiger partial charge is 0.417 e. The Morgan fingerprint density at radius 1 is 1.37 bits per heavy atom. The van der Waals surface area contributed by atoms with Crippen LogP contribution in [0.4, 0.5) is 13.2 Å². The summed E-state index contributed by atoms with van der Waals surface area (Å²) in [6.07, 6.45) is -5.41. The number of halogens is 3. The molecule has 0 aliphatic heterocycles. The third-order valence-electron chi connectivity index (χ3n) is 3.19. The van der Waals surface area contributed by atoms with E-state index in [-0.39, 0.29) is 5.75 Å². The molecule has 1 aromatic carbocycles. The van der Waals surface area contributed by atoms with E-state index in [1.807, 2.05) is 0 Å². The molecule has 2 rings (SSSR count). The third kappa shape index (κ3) is 3.39. The largest absolute Gasteiger partial charge is 0.491 e. The lowest BCUT2D eigenvalue weighted by atomic mass is 9.89. The van der Waals surface area contributed by atoms with Crippen LogP contribution in [-0.2, 0) is 6.42 Å². The van der Waals surface area contributed by atoms with Crippen LogP contribution >= 0.6 is 0 Å². The van der Waals surface area contributed by atoms with Gasteiger partial charge in [-0.25, -0.2) is 0 Å². The maximum Gasteiger partial charge on any atom is 0.417 e. The van der Waals surface area contributed by atoms with Crippen molar-refractivity contribution in [2.45, 2.75) is 37.6 Å². The van der Waals surface area contributed by atoms with Crippen LogP contribution in [0.1, 0.15) is 30.1 Å². The number of aliphatic hydroxyl groups excluding tert-OH is 2. The first-order chi connectivity index (χ1) is 8.88. The van der Waals surface area contributed by atoms with E-state index in [4.69, 9.17) is 9.84 Å². The van der Waals surface area contributed by atoms with Crippen LogP contribution in [0.25, 0.3) is 0 Å². The first kappa shape index (κ1) is 14.1. The Balaban J connectivity index is 2.04. The number of aliphatic hydroxyl groups is 2. The highest BCUT2D eigenvalue weighted by molar-refractivity contribution is 5.38. The van der Waals surface area contributed by atoms with Crippen LogP contribution in [0.2, 0.25) is 0 Å². The van der Waals surface area contributed by atoms with Crippen molar-refractivity contribution in [3.05, 3.63) is 29.3 Å². The zero-order valence-corrected chi connectivity index (χ0v) is 10.2. The van der Waals surface area contributed by atoms with Crippen LogP contribution in [0.3, 0.4) is 0 Å². The predicted molar refractivity (Wildman–Crippen MR) is 61.9 cm³/mol.